The highest BCUT2D eigenvalue weighted by Crippen LogP contribution is 2.34. The van der Waals surface area contributed by atoms with Gasteiger partial charge in [0.25, 0.3) is 0 Å². The Hall–Kier alpha value is -0.220. The molecule has 12 heavy (non-hydrogen) atoms. The van der Waals surface area contributed by atoms with Crippen LogP contribution in [0.15, 0.2) is 0 Å². The van der Waals surface area contributed by atoms with E-state index in [0.717, 1.165) is 5.75 Å². The lowest BCUT2D eigenvalue weighted by molar-refractivity contribution is -0.152. The van der Waals surface area contributed by atoms with Gasteiger partial charge in [0.05, 0.1) is 18.6 Å². The molecule has 0 spiro atoms. The molecule has 70 valence electrons. The number of rotatable bonds is 2. The van der Waals surface area contributed by atoms with E-state index in [0.29, 0.717) is 12.2 Å². The van der Waals surface area contributed by atoms with Gasteiger partial charge < -0.3 is 9.84 Å². The SMILES string of the molecule is COC(=O)C(C)C1(O)CCSC1. The van der Waals surface area contributed by atoms with E-state index < -0.39 is 11.5 Å². The summed E-state index contributed by atoms with van der Waals surface area (Å²) in [6.45, 7) is 1.72. The molecule has 1 rings (SSSR count). The maximum Gasteiger partial charge on any atom is 0.311 e. The zero-order valence-electron chi connectivity index (χ0n) is 7.37. The third-order valence-electron chi connectivity index (χ3n) is 2.39. The summed E-state index contributed by atoms with van der Waals surface area (Å²) in [7, 11) is 1.35. The van der Waals surface area contributed by atoms with Gasteiger partial charge in [-0.2, -0.15) is 11.8 Å². The summed E-state index contributed by atoms with van der Waals surface area (Å²) >= 11 is 1.68. The van der Waals surface area contributed by atoms with E-state index in [-0.39, 0.29) is 5.97 Å². The molecule has 1 N–H and O–H groups in total. The third kappa shape index (κ3) is 1.75. The molecule has 0 aromatic heterocycles. The molecular formula is C8H14O3S. The summed E-state index contributed by atoms with van der Waals surface area (Å²) in [5.41, 5.74) is -0.836. The van der Waals surface area contributed by atoms with Crippen LogP contribution in [-0.2, 0) is 9.53 Å². The lowest BCUT2D eigenvalue weighted by Crippen LogP contribution is -2.41. The van der Waals surface area contributed by atoms with Gasteiger partial charge in [0.1, 0.15) is 0 Å². The predicted octanol–water partition coefficient (Wildman–Crippen LogP) is 0.663. The van der Waals surface area contributed by atoms with E-state index in [2.05, 4.69) is 4.74 Å². The Labute approximate surface area is 76.5 Å². The number of methoxy groups -OCH3 is 1. The average Bonchev–Trinajstić information content (AvgIpc) is 2.50. The van der Waals surface area contributed by atoms with Crippen LogP contribution in [0.5, 0.6) is 0 Å². The summed E-state index contributed by atoms with van der Waals surface area (Å²) in [6.07, 6.45) is 0.688. The van der Waals surface area contributed by atoms with Crippen molar-refractivity contribution >= 4 is 17.7 Å². The van der Waals surface area contributed by atoms with Crippen molar-refractivity contribution < 1.29 is 14.6 Å². The highest BCUT2D eigenvalue weighted by atomic mass is 32.2. The Morgan fingerprint density at radius 2 is 2.42 bits per heavy atom. The second kappa shape index (κ2) is 3.66. The highest BCUT2D eigenvalue weighted by Gasteiger charge is 2.41. The predicted molar refractivity (Wildman–Crippen MR) is 48.1 cm³/mol. The van der Waals surface area contributed by atoms with Gasteiger partial charge >= 0.3 is 5.97 Å². The fraction of sp³-hybridized carbons (Fsp3) is 0.875. The van der Waals surface area contributed by atoms with Crippen molar-refractivity contribution in [1.29, 1.82) is 0 Å². The third-order valence-corrected chi connectivity index (χ3v) is 3.59. The smallest absolute Gasteiger partial charge is 0.311 e. The molecule has 0 saturated carbocycles. The minimum absolute atomic E-state index is 0.319. The van der Waals surface area contributed by atoms with Crippen molar-refractivity contribution in [3.63, 3.8) is 0 Å². The van der Waals surface area contributed by atoms with Gasteiger partial charge in [0.2, 0.25) is 0 Å². The molecule has 3 nitrogen and oxygen atoms in total. The Bertz CT molecular complexity index is 175. The first-order valence-corrected chi connectivity index (χ1v) is 5.13. The molecule has 1 aliphatic heterocycles. The molecule has 1 heterocycles. The molecule has 1 aliphatic rings. The molecule has 0 amide bonds. The van der Waals surface area contributed by atoms with Crippen LogP contribution in [0.25, 0.3) is 0 Å². The molecule has 0 radical (unpaired) electrons. The van der Waals surface area contributed by atoms with E-state index in [9.17, 15) is 9.90 Å². The number of carbonyl (C=O) groups excluding carboxylic acids is 1. The fourth-order valence-corrected chi connectivity index (χ4v) is 2.70. The van der Waals surface area contributed by atoms with E-state index in [1.54, 1.807) is 18.7 Å². The Kier molecular flexibility index (Phi) is 3.01. The molecule has 2 atom stereocenters. The Balaban J connectivity index is 2.61. The van der Waals surface area contributed by atoms with Crippen LogP contribution in [-0.4, -0.2) is 35.3 Å². The van der Waals surface area contributed by atoms with Crippen molar-refractivity contribution in [2.24, 2.45) is 5.92 Å². The minimum atomic E-state index is -0.836. The molecular weight excluding hydrogens is 176 g/mol. The van der Waals surface area contributed by atoms with E-state index >= 15 is 0 Å². The van der Waals surface area contributed by atoms with Gasteiger partial charge in [-0.3, -0.25) is 4.79 Å². The van der Waals surface area contributed by atoms with Crippen molar-refractivity contribution in [3.05, 3.63) is 0 Å². The van der Waals surface area contributed by atoms with Crippen molar-refractivity contribution in [1.82, 2.24) is 0 Å². The number of carbonyl (C=O) groups is 1. The van der Waals surface area contributed by atoms with Crippen LogP contribution in [0, 0.1) is 5.92 Å². The van der Waals surface area contributed by atoms with Crippen LogP contribution < -0.4 is 0 Å². The number of ether oxygens (including phenoxy) is 1. The molecule has 0 bridgehead atoms. The maximum absolute atomic E-state index is 11.1. The summed E-state index contributed by atoms with van der Waals surface area (Å²) in [5, 5.41) is 9.94. The average molecular weight is 190 g/mol. The van der Waals surface area contributed by atoms with Gasteiger partial charge in [-0.15, -0.1) is 0 Å². The van der Waals surface area contributed by atoms with Gasteiger partial charge in [-0.25, -0.2) is 0 Å². The first-order chi connectivity index (χ1) is 5.60. The molecule has 4 heteroatoms. The van der Waals surface area contributed by atoms with Crippen LogP contribution in [0.4, 0.5) is 0 Å². The zero-order valence-corrected chi connectivity index (χ0v) is 8.19. The van der Waals surface area contributed by atoms with E-state index in [4.69, 9.17) is 0 Å². The van der Waals surface area contributed by atoms with Crippen molar-refractivity contribution in [2.45, 2.75) is 18.9 Å². The van der Waals surface area contributed by atoms with Gasteiger partial charge in [0, 0.05) is 5.75 Å². The molecule has 0 aliphatic carbocycles. The largest absolute Gasteiger partial charge is 0.469 e. The maximum atomic E-state index is 11.1. The molecule has 0 aromatic carbocycles. The van der Waals surface area contributed by atoms with Crippen molar-refractivity contribution in [2.75, 3.05) is 18.6 Å². The topological polar surface area (TPSA) is 46.5 Å². The molecule has 2 unspecified atom stereocenters. The Morgan fingerprint density at radius 3 is 2.83 bits per heavy atom. The second-order valence-electron chi connectivity index (χ2n) is 3.15. The first kappa shape index (κ1) is 9.86. The standard InChI is InChI=1S/C8H14O3S/c1-6(7(9)11-2)8(10)3-4-12-5-8/h6,10H,3-5H2,1-2H3. The number of thioether (sulfide) groups is 1. The van der Waals surface area contributed by atoms with E-state index in [1.807, 2.05) is 0 Å². The van der Waals surface area contributed by atoms with Gasteiger partial charge in [-0.05, 0) is 19.1 Å². The molecule has 0 aromatic rings. The Morgan fingerprint density at radius 1 is 1.75 bits per heavy atom. The summed E-state index contributed by atoms with van der Waals surface area (Å²) in [5.74, 6) is 0.846. The normalized spacial score (nSPS) is 31.6. The van der Waals surface area contributed by atoms with Gasteiger partial charge in [0.15, 0.2) is 0 Å². The highest BCUT2D eigenvalue weighted by molar-refractivity contribution is 7.99. The monoisotopic (exact) mass is 190 g/mol. The van der Waals surface area contributed by atoms with Gasteiger partial charge in [-0.1, -0.05) is 0 Å². The first-order valence-electron chi connectivity index (χ1n) is 3.98. The summed E-state index contributed by atoms with van der Waals surface area (Å²) < 4.78 is 4.58. The van der Waals surface area contributed by atoms with Crippen LogP contribution in [0.2, 0.25) is 0 Å². The lowest BCUT2D eigenvalue weighted by atomic mass is 9.88. The summed E-state index contributed by atoms with van der Waals surface area (Å²) in [6, 6.07) is 0. The van der Waals surface area contributed by atoms with Crippen LogP contribution >= 0.6 is 11.8 Å². The van der Waals surface area contributed by atoms with Crippen molar-refractivity contribution in [3.8, 4) is 0 Å². The fourth-order valence-electron chi connectivity index (χ4n) is 1.31. The number of esters is 1. The number of hydrogen-bond acceptors (Lipinski definition) is 4. The van der Waals surface area contributed by atoms with Crippen LogP contribution in [0.3, 0.4) is 0 Å². The molecule has 1 saturated heterocycles. The molecule has 1 fully saturated rings. The van der Waals surface area contributed by atoms with Crippen LogP contribution in [0.1, 0.15) is 13.3 Å². The summed E-state index contributed by atoms with van der Waals surface area (Å²) in [4.78, 5) is 11.1. The number of aliphatic hydroxyl groups is 1. The van der Waals surface area contributed by atoms with E-state index in [1.165, 1.54) is 7.11 Å². The minimum Gasteiger partial charge on any atom is -0.469 e. The number of hydrogen-bond donors (Lipinski definition) is 1. The lowest BCUT2D eigenvalue weighted by Gasteiger charge is -2.26. The second-order valence-corrected chi connectivity index (χ2v) is 4.26. The quantitative estimate of drug-likeness (QED) is 0.650. The zero-order chi connectivity index (χ0) is 9.19.